The lowest BCUT2D eigenvalue weighted by Gasteiger charge is -2.20. The van der Waals surface area contributed by atoms with Crippen LogP contribution in [0, 0.1) is 0 Å². The maximum Gasteiger partial charge on any atom is 0.253 e. The molecule has 1 amide bonds. The van der Waals surface area contributed by atoms with Crippen molar-refractivity contribution in [1.29, 1.82) is 0 Å². The summed E-state index contributed by atoms with van der Waals surface area (Å²) in [6.45, 7) is 2.53. The van der Waals surface area contributed by atoms with E-state index in [4.69, 9.17) is 4.84 Å². The third kappa shape index (κ3) is 1.94. The van der Waals surface area contributed by atoms with E-state index >= 15 is 0 Å². The highest BCUT2D eigenvalue weighted by Gasteiger charge is 2.28. The van der Waals surface area contributed by atoms with Crippen molar-refractivity contribution in [3.05, 3.63) is 29.8 Å². The van der Waals surface area contributed by atoms with E-state index in [2.05, 4.69) is 11.4 Å². The first-order valence-corrected chi connectivity index (χ1v) is 6.12. The summed E-state index contributed by atoms with van der Waals surface area (Å²) in [4.78, 5) is 17.1. The Labute approximate surface area is 101 Å². The molecule has 0 bridgehead atoms. The first kappa shape index (κ1) is 10.7. The van der Waals surface area contributed by atoms with Crippen LogP contribution in [-0.4, -0.2) is 25.6 Å². The van der Waals surface area contributed by atoms with E-state index in [1.54, 1.807) is 0 Å². The molecule has 3 rings (SSSR count). The number of hydroxylamine groups is 1. The smallest absolute Gasteiger partial charge is 0.253 e. The summed E-state index contributed by atoms with van der Waals surface area (Å²) >= 11 is 0. The van der Waals surface area contributed by atoms with Crippen LogP contribution in [0.25, 0.3) is 0 Å². The number of nitrogens with zero attached hydrogens (tertiary/aromatic N) is 1. The van der Waals surface area contributed by atoms with Gasteiger partial charge in [-0.15, -0.1) is 0 Å². The summed E-state index contributed by atoms with van der Waals surface area (Å²) in [5.74, 6) is 0.548. The normalized spacial score (nSPS) is 24.6. The van der Waals surface area contributed by atoms with Gasteiger partial charge in [0.05, 0.1) is 18.7 Å². The Morgan fingerprint density at radius 2 is 2.24 bits per heavy atom. The molecule has 0 radical (unpaired) electrons. The van der Waals surface area contributed by atoms with Crippen LogP contribution in [-0.2, 0) is 9.63 Å². The Balaban J connectivity index is 1.95. The Morgan fingerprint density at radius 1 is 1.35 bits per heavy atom. The molecule has 0 saturated carbocycles. The van der Waals surface area contributed by atoms with Crippen molar-refractivity contribution >= 4 is 11.6 Å². The molecule has 1 N–H and O–H groups in total. The standard InChI is InChI=1S/C13H16N2O2/c16-13-6-8-17-15(13)12-4-2-1-3-11(12)10-5-7-14-9-10/h1-4,10,14H,5-9H2. The predicted molar refractivity (Wildman–Crippen MR) is 64.7 cm³/mol. The van der Waals surface area contributed by atoms with Gasteiger partial charge in [0, 0.05) is 6.54 Å². The van der Waals surface area contributed by atoms with Gasteiger partial charge in [0.15, 0.2) is 0 Å². The van der Waals surface area contributed by atoms with E-state index in [0.29, 0.717) is 18.9 Å². The van der Waals surface area contributed by atoms with Crippen LogP contribution in [0.3, 0.4) is 0 Å². The molecular formula is C13H16N2O2. The molecule has 2 saturated heterocycles. The third-order valence-electron chi connectivity index (χ3n) is 3.42. The minimum absolute atomic E-state index is 0.0587. The summed E-state index contributed by atoms with van der Waals surface area (Å²) in [6.07, 6.45) is 1.61. The van der Waals surface area contributed by atoms with Gasteiger partial charge in [-0.25, -0.2) is 0 Å². The molecule has 2 aliphatic heterocycles. The van der Waals surface area contributed by atoms with Gasteiger partial charge in [0.1, 0.15) is 0 Å². The van der Waals surface area contributed by atoms with Gasteiger partial charge in [-0.1, -0.05) is 18.2 Å². The fourth-order valence-electron chi connectivity index (χ4n) is 2.54. The number of rotatable bonds is 2. The largest absolute Gasteiger partial charge is 0.316 e. The number of anilines is 1. The first-order valence-electron chi connectivity index (χ1n) is 6.12. The maximum absolute atomic E-state index is 11.7. The Bertz CT molecular complexity index is 427. The summed E-state index contributed by atoms with van der Waals surface area (Å²) < 4.78 is 0. The number of benzene rings is 1. The number of para-hydroxylation sites is 1. The van der Waals surface area contributed by atoms with Crippen molar-refractivity contribution in [3.63, 3.8) is 0 Å². The maximum atomic E-state index is 11.7. The molecule has 0 aromatic heterocycles. The lowest BCUT2D eigenvalue weighted by Crippen LogP contribution is -2.24. The van der Waals surface area contributed by atoms with E-state index in [-0.39, 0.29) is 5.91 Å². The van der Waals surface area contributed by atoms with Crippen molar-refractivity contribution in [3.8, 4) is 0 Å². The molecule has 1 atom stereocenters. The molecule has 2 aliphatic rings. The van der Waals surface area contributed by atoms with Crippen LogP contribution < -0.4 is 10.4 Å². The van der Waals surface area contributed by atoms with Crippen molar-refractivity contribution < 1.29 is 9.63 Å². The summed E-state index contributed by atoms with van der Waals surface area (Å²) in [5.41, 5.74) is 2.14. The highest BCUT2D eigenvalue weighted by molar-refractivity contribution is 5.93. The second kappa shape index (κ2) is 4.47. The molecule has 0 aliphatic carbocycles. The fraction of sp³-hybridized carbons (Fsp3) is 0.462. The molecule has 1 aromatic carbocycles. The zero-order valence-corrected chi connectivity index (χ0v) is 9.69. The number of carbonyl (C=O) groups is 1. The number of carbonyl (C=O) groups excluding carboxylic acids is 1. The molecule has 4 heteroatoms. The van der Waals surface area contributed by atoms with Crippen LogP contribution in [0.4, 0.5) is 5.69 Å². The third-order valence-corrected chi connectivity index (χ3v) is 3.42. The number of hydrogen-bond donors (Lipinski definition) is 1. The van der Waals surface area contributed by atoms with E-state index in [0.717, 1.165) is 25.2 Å². The van der Waals surface area contributed by atoms with Gasteiger partial charge in [0.2, 0.25) is 0 Å². The zero-order valence-electron chi connectivity index (χ0n) is 9.69. The lowest BCUT2D eigenvalue weighted by molar-refractivity contribution is -0.119. The van der Waals surface area contributed by atoms with Gasteiger partial charge in [-0.2, -0.15) is 5.06 Å². The highest BCUT2D eigenvalue weighted by Crippen LogP contribution is 2.33. The van der Waals surface area contributed by atoms with Crippen molar-refractivity contribution in [2.24, 2.45) is 0 Å². The number of nitrogens with one attached hydrogen (secondary N) is 1. The Hall–Kier alpha value is -1.39. The fourth-order valence-corrected chi connectivity index (χ4v) is 2.54. The molecule has 90 valence electrons. The van der Waals surface area contributed by atoms with E-state index in [9.17, 15) is 4.79 Å². The van der Waals surface area contributed by atoms with Gasteiger partial charge in [0.25, 0.3) is 5.91 Å². The van der Waals surface area contributed by atoms with Gasteiger partial charge >= 0.3 is 0 Å². The highest BCUT2D eigenvalue weighted by atomic mass is 16.7. The molecule has 1 unspecified atom stereocenters. The number of amides is 1. The average molecular weight is 232 g/mol. The Kier molecular flexibility index (Phi) is 2.82. The van der Waals surface area contributed by atoms with Crippen LogP contribution in [0.2, 0.25) is 0 Å². The van der Waals surface area contributed by atoms with Crippen LogP contribution in [0.15, 0.2) is 24.3 Å². The van der Waals surface area contributed by atoms with Gasteiger partial charge < -0.3 is 5.32 Å². The van der Waals surface area contributed by atoms with Crippen LogP contribution in [0.1, 0.15) is 24.3 Å². The quantitative estimate of drug-likeness (QED) is 0.838. The molecule has 1 aromatic rings. The van der Waals surface area contributed by atoms with Crippen molar-refractivity contribution in [2.75, 3.05) is 24.8 Å². The minimum atomic E-state index is 0.0587. The van der Waals surface area contributed by atoms with Crippen LogP contribution in [0.5, 0.6) is 0 Å². The minimum Gasteiger partial charge on any atom is -0.316 e. The molecule has 0 spiro atoms. The summed E-state index contributed by atoms with van der Waals surface area (Å²) in [7, 11) is 0. The van der Waals surface area contributed by atoms with Crippen molar-refractivity contribution in [1.82, 2.24) is 5.32 Å². The topological polar surface area (TPSA) is 41.6 Å². The van der Waals surface area contributed by atoms with Gasteiger partial charge in [-0.3, -0.25) is 9.63 Å². The van der Waals surface area contributed by atoms with E-state index in [1.165, 1.54) is 10.6 Å². The lowest BCUT2D eigenvalue weighted by atomic mass is 9.96. The zero-order chi connectivity index (χ0) is 11.7. The molecule has 4 nitrogen and oxygen atoms in total. The SMILES string of the molecule is O=C1CCON1c1ccccc1C1CCNC1. The summed E-state index contributed by atoms with van der Waals surface area (Å²) in [6, 6.07) is 8.05. The molecule has 2 fully saturated rings. The first-order chi connectivity index (χ1) is 8.36. The summed E-state index contributed by atoms with van der Waals surface area (Å²) in [5, 5.41) is 4.82. The van der Waals surface area contributed by atoms with Crippen molar-refractivity contribution in [2.45, 2.75) is 18.8 Å². The monoisotopic (exact) mass is 232 g/mol. The predicted octanol–water partition coefficient (Wildman–Crippen LogP) is 1.43. The molecule has 17 heavy (non-hydrogen) atoms. The van der Waals surface area contributed by atoms with Crippen LogP contribution >= 0.6 is 0 Å². The molecule has 2 heterocycles. The average Bonchev–Trinajstić information content (AvgIpc) is 3.00. The van der Waals surface area contributed by atoms with Gasteiger partial charge in [-0.05, 0) is 30.5 Å². The second-order valence-corrected chi connectivity index (χ2v) is 4.52. The van der Waals surface area contributed by atoms with E-state index < -0.39 is 0 Å². The molecular weight excluding hydrogens is 216 g/mol. The van der Waals surface area contributed by atoms with E-state index in [1.807, 2.05) is 18.2 Å². The second-order valence-electron chi connectivity index (χ2n) is 4.52. The number of hydrogen-bond acceptors (Lipinski definition) is 3. The Morgan fingerprint density at radius 3 is 2.94 bits per heavy atom.